The molecule has 1 aromatic rings. The van der Waals surface area contributed by atoms with Crippen LogP contribution in [0.1, 0.15) is 11.8 Å². The van der Waals surface area contributed by atoms with Crippen molar-refractivity contribution in [1.29, 1.82) is 0 Å². The van der Waals surface area contributed by atoms with Crippen LogP contribution in [-0.4, -0.2) is 17.4 Å². The zero-order valence-corrected chi connectivity index (χ0v) is 10.4. The standard InChI is InChI=1S/C9H12ClNOS2/c1-6(13-2)9(12)11-5-7-3-4-8(10)14-7/h3-4,6H,5H2,1-2H3,(H,11,12)/t6-/m0/s1. The van der Waals surface area contributed by atoms with E-state index in [1.165, 1.54) is 23.1 Å². The summed E-state index contributed by atoms with van der Waals surface area (Å²) in [4.78, 5) is 12.5. The van der Waals surface area contributed by atoms with Crippen molar-refractivity contribution in [3.8, 4) is 0 Å². The van der Waals surface area contributed by atoms with Crippen molar-refractivity contribution < 1.29 is 4.79 Å². The smallest absolute Gasteiger partial charge is 0.233 e. The van der Waals surface area contributed by atoms with Gasteiger partial charge in [-0.15, -0.1) is 11.3 Å². The minimum atomic E-state index is 0.00503. The van der Waals surface area contributed by atoms with Crippen LogP contribution < -0.4 is 5.32 Å². The van der Waals surface area contributed by atoms with E-state index in [4.69, 9.17) is 11.6 Å². The molecule has 78 valence electrons. The highest BCUT2D eigenvalue weighted by molar-refractivity contribution is 7.99. The average molecular weight is 250 g/mol. The van der Waals surface area contributed by atoms with Gasteiger partial charge >= 0.3 is 0 Å². The predicted octanol–water partition coefficient (Wildman–Crippen LogP) is 2.77. The van der Waals surface area contributed by atoms with Gasteiger partial charge in [0.15, 0.2) is 0 Å². The average Bonchev–Trinajstić information content (AvgIpc) is 2.59. The number of carbonyl (C=O) groups excluding carboxylic acids is 1. The molecule has 5 heteroatoms. The quantitative estimate of drug-likeness (QED) is 0.889. The molecule has 0 unspecified atom stereocenters. The maximum absolute atomic E-state index is 11.4. The van der Waals surface area contributed by atoms with E-state index in [0.29, 0.717) is 6.54 Å². The highest BCUT2D eigenvalue weighted by Gasteiger charge is 2.10. The highest BCUT2D eigenvalue weighted by Crippen LogP contribution is 2.21. The molecule has 0 saturated heterocycles. The molecule has 0 bridgehead atoms. The first-order valence-corrected chi connectivity index (χ1v) is 6.66. The number of hydrogen-bond donors (Lipinski definition) is 1. The Kier molecular flexibility index (Phi) is 4.78. The molecule has 0 spiro atoms. The molecule has 1 heterocycles. The number of thioether (sulfide) groups is 1. The van der Waals surface area contributed by atoms with Crippen LogP contribution in [-0.2, 0) is 11.3 Å². The van der Waals surface area contributed by atoms with Crippen LogP contribution in [0.3, 0.4) is 0 Å². The van der Waals surface area contributed by atoms with Gasteiger partial charge < -0.3 is 5.32 Å². The van der Waals surface area contributed by atoms with E-state index in [2.05, 4.69) is 5.32 Å². The van der Waals surface area contributed by atoms with Crippen LogP contribution in [0.25, 0.3) is 0 Å². The largest absolute Gasteiger partial charge is 0.350 e. The molecule has 1 rings (SSSR count). The van der Waals surface area contributed by atoms with Gasteiger partial charge in [-0.1, -0.05) is 11.6 Å². The van der Waals surface area contributed by atoms with Gasteiger partial charge in [-0.25, -0.2) is 0 Å². The van der Waals surface area contributed by atoms with E-state index in [1.54, 1.807) is 0 Å². The van der Waals surface area contributed by atoms with Gasteiger partial charge in [-0.3, -0.25) is 4.79 Å². The first kappa shape index (κ1) is 11.9. The number of rotatable bonds is 4. The van der Waals surface area contributed by atoms with Gasteiger partial charge in [0, 0.05) is 4.88 Å². The summed E-state index contributed by atoms with van der Waals surface area (Å²) >= 11 is 8.80. The van der Waals surface area contributed by atoms with Gasteiger partial charge in [0.25, 0.3) is 0 Å². The number of nitrogens with one attached hydrogen (secondary N) is 1. The van der Waals surface area contributed by atoms with Crippen molar-refractivity contribution in [2.24, 2.45) is 0 Å². The second-order valence-corrected chi connectivity index (χ2v) is 5.78. The predicted molar refractivity (Wildman–Crippen MR) is 64.2 cm³/mol. The number of carbonyl (C=O) groups is 1. The Morgan fingerprint density at radius 2 is 2.43 bits per heavy atom. The van der Waals surface area contributed by atoms with Gasteiger partial charge in [-0.2, -0.15) is 11.8 Å². The molecule has 0 aliphatic rings. The molecule has 1 N–H and O–H groups in total. The molecule has 0 fully saturated rings. The fourth-order valence-electron chi connectivity index (χ4n) is 0.872. The SMILES string of the molecule is CS[C@@H](C)C(=O)NCc1ccc(Cl)s1. The molecule has 0 aliphatic carbocycles. The van der Waals surface area contributed by atoms with E-state index in [0.717, 1.165) is 9.21 Å². The van der Waals surface area contributed by atoms with E-state index in [-0.39, 0.29) is 11.2 Å². The van der Waals surface area contributed by atoms with Crippen LogP contribution >= 0.6 is 34.7 Å². The Balaban J connectivity index is 2.37. The first-order chi connectivity index (χ1) is 6.63. The zero-order valence-electron chi connectivity index (χ0n) is 8.04. The molecular formula is C9H12ClNOS2. The van der Waals surface area contributed by atoms with Gasteiger partial charge in [0.05, 0.1) is 16.1 Å². The molecule has 0 aromatic carbocycles. The van der Waals surface area contributed by atoms with Crippen molar-refractivity contribution in [3.63, 3.8) is 0 Å². The van der Waals surface area contributed by atoms with Crippen molar-refractivity contribution in [3.05, 3.63) is 21.3 Å². The van der Waals surface area contributed by atoms with Crippen LogP contribution in [0.15, 0.2) is 12.1 Å². The summed E-state index contributed by atoms with van der Waals surface area (Å²) in [6.07, 6.45) is 1.92. The van der Waals surface area contributed by atoms with Crippen molar-refractivity contribution in [2.45, 2.75) is 18.7 Å². The minimum absolute atomic E-state index is 0.00503. The van der Waals surface area contributed by atoms with Crippen LogP contribution in [0.4, 0.5) is 0 Å². The van der Waals surface area contributed by atoms with Gasteiger partial charge in [0.2, 0.25) is 5.91 Å². The Labute approximate surface area is 97.0 Å². The summed E-state index contributed by atoms with van der Waals surface area (Å²) in [5.74, 6) is 0.0713. The molecule has 1 aromatic heterocycles. The number of hydrogen-bond acceptors (Lipinski definition) is 3. The molecule has 1 atom stereocenters. The molecule has 2 nitrogen and oxygen atoms in total. The third kappa shape index (κ3) is 3.52. The van der Waals surface area contributed by atoms with Crippen molar-refractivity contribution in [2.75, 3.05) is 6.26 Å². The van der Waals surface area contributed by atoms with Gasteiger partial charge in [0.1, 0.15) is 0 Å². The monoisotopic (exact) mass is 249 g/mol. The molecule has 0 radical (unpaired) electrons. The Hall–Kier alpha value is -0.190. The van der Waals surface area contributed by atoms with Crippen LogP contribution in [0.2, 0.25) is 4.34 Å². The Morgan fingerprint density at radius 3 is 2.93 bits per heavy atom. The third-order valence-corrected chi connectivity index (χ3v) is 3.94. The topological polar surface area (TPSA) is 29.1 Å². The van der Waals surface area contributed by atoms with Crippen molar-refractivity contribution in [1.82, 2.24) is 5.32 Å². The lowest BCUT2D eigenvalue weighted by molar-refractivity contribution is -0.120. The number of halogens is 1. The number of amides is 1. The third-order valence-electron chi connectivity index (χ3n) is 1.79. The molecular weight excluding hydrogens is 238 g/mol. The fraction of sp³-hybridized carbons (Fsp3) is 0.444. The Morgan fingerprint density at radius 1 is 1.71 bits per heavy atom. The van der Waals surface area contributed by atoms with Crippen LogP contribution in [0.5, 0.6) is 0 Å². The second kappa shape index (κ2) is 5.63. The fourth-order valence-corrected chi connectivity index (χ4v) is 2.20. The zero-order chi connectivity index (χ0) is 10.6. The van der Waals surface area contributed by atoms with Crippen molar-refractivity contribution >= 4 is 40.6 Å². The summed E-state index contributed by atoms with van der Waals surface area (Å²) in [5, 5.41) is 2.86. The van der Waals surface area contributed by atoms with E-state index in [1.807, 2.05) is 25.3 Å². The molecule has 14 heavy (non-hydrogen) atoms. The summed E-state index contributed by atoms with van der Waals surface area (Å²) < 4.78 is 0.757. The Bertz CT molecular complexity index is 314. The molecule has 0 aliphatic heterocycles. The van der Waals surface area contributed by atoms with E-state index < -0.39 is 0 Å². The molecule has 1 amide bonds. The lowest BCUT2D eigenvalue weighted by Crippen LogP contribution is -2.29. The summed E-state index contributed by atoms with van der Waals surface area (Å²) in [6.45, 7) is 2.46. The highest BCUT2D eigenvalue weighted by atomic mass is 35.5. The van der Waals surface area contributed by atoms with Gasteiger partial charge in [-0.05, 0) is 25.3 Å². The van der Waals surface area contributed by atoms with Crippen LogP contribution in [0, 0.1) is 0 Å². The summed E-state index contributed by atoms with van der Waals surface area (Å²) in [5.41, 5.74) is 0. The summed E-state index contributed by atoms with van der Waals surface area (Å²) in [6, 6.07) is 3.77. The lowest BCUT2D eigenvalue weighted by atomic mass is 10.4. The van der Waals surface area contributed by atoms with E-state index in [9.17, 15) is 4.79 Å². The molecule has 0 saturated carbocycles. The van der Waals surface area contributed by atoms with E-state index >= 15 is 0 Å². The lowest BCUT2D eigenvalue weighted by Gasteiger charge is -2.08. The second-order valence-electron chi connectivity index (χ2n) is 2.80. The normalized spacial score (nSPS) is 12.5. The summed E-state index contributed by atoms with van der Waals surface area (Å²) in [7, 11) is 0. The minimum Gasteiger partial charge on any atom is -0.350 e. The number of thiophene rings is 1. The first-order valence-electron chi connectivity index (χ1n) is 4.18. The maximum Gasteiger partial charge on any atom is 0.233 e. The maximum atomic E-state index is 11.4.